The molecule has 0 bridgehead atoms. The summed E-state index contributed by atoms with van der Waals surface area (Å²) < 4.78 is 5.35. The zero-order valence-corrected chi connectivity index (χ0v) is 12.1. The van der Waals surface area contributed by atoms with E-state index in [4.69, 9.17) is 4.74 Å². The number of benzene rings is 1. The van der Waals surface area contributed by atoms with Crippen LogP contribution in [0.3, 0.4) is 0 Å². The second kappa shape index (κ2) is 5.42. The highest BCUT2D eigenvalue weighted by atomic mass is 32.1. The van der Waals surface area contributed by atoms with Gasteiger partial charge in [0.15, 0.2) is 0 Å². The Morgan fingerprint density at radius 2 is 2.10 bits per heavy atom. The van der Waals surface area contributed by atoms with Crippen LogP contribution < -0.4 is 10.1 Å². The van der Waals surface area contributed by atoms with Gasteiger partial charge in [-0.05, 0) is 19.1 Å². The Morgan fingerprint density at radius 1 is 1.20 bits per heavy atom. The fourth-order valence-corrected chi connectivity index (χ4v) is 2.55. The maximum Gasteiger partial charge on any atom is 0.205 e. The van der Waals surface area contributed by atoms with Gasteiger partial charge in [-0.1, -0.05) is 29.5 Å². The lowest BCUT2D eigenvalue weighted by molar-refractivity contribution is 0.419. The van der Waals surface area contributed by atoms with E-state index < -0.39 is 0 Å². The van der Waals surface area contributed by atoms with Crippen molar-refractivity contribution in [2.24, 2.45) is 0 Å². The first-order valence-corrected chi connectivity index (χ1v) is 7.04. The molecule has 0 fully saturated rings. The number of pyridine rings is 1. The second-order valence-electron chi connectivity index (χ2n) is 4.31. The smallest absolute Gasteiger partial charge is 0.205 e. The van der Waals surface area contributed by atoms with E-state index in [9.17, 15) is 0 Å². The highest BCUT2D eigenvalue weighted by Gasteiger charge is 2.05. The minimum absolute atomic E-state index is 0.614. The molecule has 0 atom stereocenters. The summed E-state index contributed by atoms with van der Waals surface area (Å²) in [6, 6.07) is 9.96. The maximum absolute atomic E-state index is 5.35. The largest absolute Gasteiger partial charge is 0.494 e. The maximum atomic E-state index is 5.35. The first-order valence-electron chi connectivity index (χ1n) is 6.23. The Bertz CT molecular complexity index is 741. The Morgan fingerprint density at radius 3 is 2.85 bits per heavy atom. The van der Waals surface area contributed by atoms with Gasteiger partial charge in [-0.2, -0.15) is 0 Å². The minimum atomic E-state index is 0.614. The predicted octanol–water partition coefficient (Wildman–Crippen LogP) is 3.02. The van der Waals surface area contributed by atoms with Crippen molar-refractivity contribution >= 4 is 27.4 Å². The standard InChI is InChI=1S/C14H14N4OS/c1-9-17-18-14(20-9)15-8-11-7-6-10-4-3-5-12(19-2)13(10)16-11/h3-7H,8H2,1-2H3,(H,15,18). The molecular formula is C14H14N4OS. The molecule has 0 aliphatic heterocycles. The number of hydrogen-bond acceptors (Lipinski definition) is 6. The SMILES string of the molecule is COc1cccc2ccc(CNc3nnc(C)s3)nc12. The molecular weight excluding hydrogens is 272 g/mol. The van der Waals surface area contributed by atoms with Crippen molar-refractivity contribution in [1.82, 2.24) is 15.2 Å². The number of nitrogens with one attached hydrogen (secondary N) is 1. The van der Waals surface area contributed by atoms with Crippen LogP contribution in [0, 0.1) is 6.92 Å². The highest BCUT2D eigenvalue weighted by molar-refractivity contribution is 7.15. The number of anilines is 1. The molecule has 0 aliphatic carbocycles. The molecule has 2 aromatic heterocycles. The first kappa shape index (κ1) is 12.8. The lowest BCUT2D eigenvalue weighted by Crippen LogP contribution is -2.01. The van der Waals surface area contributed by atoms with Crippen molar-refractivity contribution in [3.05, 3.63) is 41.0 Å². The average Bonchev–Trinajstić information content (AvgIpc) is 2.90. The zero-order chi connectivity index (χ0) is 13.9. The third-order valence-corrected chi connectivity index (χ3v) is 3.70. The van der Waals surface area contributed by atoms with Gasteiger partial charge in [-0.3, -0.25) is 0 Å². The minimum Gasteiger partial charge on any atom is -0.494 e. The van der Waals surface area contributed by atoms with E-state index in [0.29, 0.717) is 6.54 Å². The van der Waals surface area contributed by atoms with Gasteiger partial charge in [0.2, 0.25) is 5.13 Å². The number of methoxy groups -OCH3 is 1. The van der Waals surface area contributed by atoms with Crippen molar-refractivity contribution < 1.29 is 4.74 Å². The first-order chi connectivity index (χ1) is 9.76. The number of nitrogens with zero attached hydrogens (tertiary/aromatic N) is 3. The average molecular weight is 286 g/mol. The van der Waals surface area contributed by atoms with Crippen LogP contribution in [-0.4, -0.2) is 22.3 Å². The molecule has 3 aromatic rings. The molecule has 5 nitrogen and oxygen atoms in total. The van der Waals surface area contributed by atoms with Gasteiger partial charge in [0.1, 0.15) is 16.3 Å². The third-order valence-electron chi connectivity index (χ3n) is 2.91. The van der Waals surface area contributed by atoms with Gasteiger partial charge in [0, 0.05) is 5.39 Å². The van der Waals surface area contributed by atoms with E-state index >= 15 is 0 Å². The molecule has 2 heterocycles. The summed E-state index contributed by atoms with van der Waals surface area (Å²) in [6.45, 7) is 2.55. The fraction of sp³-hybridized carbons (Fsp3) is 0.214. The quantitative estimate of drug-likeness (QED) is 0.799. The van der Waals surface area contributed by atoms with Gasteiger partial charge in [0.05, 0.1) is 19.3 Å². The van der Waals surface area contributed by atoms with Crippen molar-refractivity contribution in [2.75, 3.05) is 12.4 Å². The number of fused-ring (bicyclic) bond motifs is 1. The van der Waals surface area contributed by atoms with E-state index in [0.717, 1.165) is 32.5 Å². The summed E-state index contributed by atoms with van der Waals surface area (Å²) in [7, 11) is 1.66. The van der Waals surface area contributed by atoms with E-state index in [-0.39, 0.29) is 0 Å². The zero-order valence-electron chi connectivity index (χ0n) is 11.3. The van der Waals surface area contributed by atoms with Gasteiger partial charge in [0.25, 0.3) is 0 Å². The normalized spacial score (nSPS) is 10.7. The fourth-order valence-electron chi connectivity index (χ4n) is 1.96. The van der Waals surface area contributed by atoms with E-state index in [1.807, 2.05) is 37.3 Å². The lowest BCUT2D eigenvalue weighted by Gasteiger charge is -2.07. The molecule has 0 aliphatic rings. The Labute approximate surface area is 120 Å². The summed E-state index contributed by atoms with van der Waals surface area (Å²) in [5, 5.41) is 14.1. The monoisotopic (exact) mass is 286 g/mol. The van der Waals surface area contributed by atoms with Gasteiger partial charge < -0.3 is 10.1 Å². The van der Waals surface area contributed by atoms with E-state index in [1.54, 1.807) is 7.11 Å². The Kier molecular flexibility index (Phi) is 3.47. The molecule has 20 heavy (non-hydrogen) atoms. The number of ether oxygens (including phenoxy) is 1. The molecule has 1 N–H and O–H groups in total. The summed E-state index contributed by atoms with van der Waals surface area (Å²) in [6.07, 6.45) is 0. The van der Waals surface area contributed by atoms with Gasteiger partial charge >= 0.3 is 0 Å². The summed E-state index contributed by atoms with van der Waals surface area (Å²) in [5.74, 6) is 0.788. The van der Waals surface area contributed by atoms with Crippen LogP contribution in [0.4, 0.5) is 5.13 Å². The van der Waals surface area contributed by atoms with Crippen LogP contribution in [-0.2, 0) is 6.54 Å². The Hall–Kier alpha value is -2.21. The summed E-state index contributed by atoms with van der Waals surface area (Å²) >= 11 is 1.53. The second-order valence-corrected chi connectivity index (χ2v) is 5.50. The van der Waals surface area contributed by atoms with Crippen LogP contribution in [0.25, 0.3) is 10.9 Å². The van der Waals surface area contributed by atoms with Crippen molar-refractivity contribution in [2.45, 2.75) is 13.5 Å². The van der Waals surface area contributed by atoms with Crippen LogP contribution in [0.5, 0.6) is 5.75 Å². The molecule has 0 spiro atoms. The molecule has 6 heteroatoms. The Balaban J connectivity index is 1.85. The van der Waals surface area contributed by atoms with Gasteiger partial charge in [-0.15, -0.1) is 10.2 Å². The molecule has 0 amide bonds. The molecule has 0 radical (unpaired) electrons. The number of aromatic nitrogens is 3. The van der Waals surface area contributed by atoms with Crippen LogP contribution >= 0.6 is 11.3 Å². The number of hydrogen-bond donors (Lipinski definition) is 1. The number of para-hydroxylation sites is 1. The summed E-state index contributed by atoms with van der Waals surface area (Å²) in [5.41, 5.74) is 1.82. The number of rotatable bonds is 4. The van der Waals surface area contributed by atoms with E-state index in [2.05, 4.69) is 20.5 Å². The van der Waals surface area contributed by atoms with Crippen molar-refractivity contribution in [3.63, 3.8) is 0 Å². The molecule has 0 saturated heterocycles. The topological polar surface area (TPSA) is 59.9 Å². The molecule has 102 valence electrons. The van der Waals surface area contributed by atoms with Crippen LogP contribution in [0.2, 0.25) is 0 Å². The predicted molar refractivity (Wildman–Crippen MR) is 80.3 cm³/mol. The van der Waals surface area contributed by atoms with Crippen LogP contribution in [0.1, 0.15) is 10.7 Å². The molecule has 0 saturated carbocycles. The summed E-state index contributed by atoms with van der Waals surface area (Å²) in [4.78, 5) is 4.64. The van der Waals surface area contributed by atoms with E-state index in [1.165, 1.54) is 11.3 Å². The number of aryl methyl sites for hydroxylation is 1. The van der Waals surface area contributed by atoms with Crippen LogP contribution in [0.15, 0.2) is 30.3 Å². The third kappa shape index (κ3) is 2.55. The van der Waals surface area contributed by atoms with Crippen molar-refractivity contribution in [1.29, 1.82) is 0 Å². The highest BCUT2D eigenvalue weighted by Crippen LogP contribution is 2.24. The lowest BCUT2D eigenvalue weighted by atomic mass is 10.2. The van der Waals surface area contributed by atoms with Gasteiger partial charge in [-0.25, -0.2) is 4.98 Å². The van der Waals surface area contributed by atoms with Crippen molar-refractivity contribution in [3.8, 4) is 5.75 Å². The molecule has 3 rings (SSSR count). The molecule has 1 aromatic carbocycles. The molecule has 0 unspecified atom stereocenters.